The first kappa shape index (κ1) is 23.1. The largest absolute Gasteiger partial charge is 0.459 e. The monoisotopic (exact) mass is 466 g/mol. The predicted molar refractivity (Wildman–Crippen MR) is 132 cm³/mol. The van der Waals surface area contributed by atoms with E-state index in [0.29, 0.717) is 16.4 Å². The highest BCUT2D eigenvalue weighted by molar-refractivity contribution is 7.18. The summed E-state index contributed by atoms with van der Waals surface area (Å²) in [6.07, 6.45) is 3.45. The van der Waals surface area contributed by atoms with Gasteiger partial charge in [-0.25, -0.2) is 0 Å². The molecule has 0 spiro atoms. The van der Waals surface area contributed by atoms with E-state index >= 15 is 0 Å². The first-order valence-corrected chi connectivity index (χ1v) is 12.2. The lowest BCUT2D eigenvalue weighted by atomic mass is 10.2. The van der Waals surface area contributed by atoms with Gasteiger partial charge in [-0.1, -0.05) is 18.2 Å². The van der Waals surface area contributed by atoms with E-state index in [4.69, 9.17) is 4.42 Å². The van der Waals surface area contributed by atoms with Crippen LogP contribution in [0.5, 0.6) is 0 Å². The smallest absolute Gasteiger partial charge is 0.291 e. The van der Waals surface area contributed by atoms with E-state index in [2.05, 4.69) is 50.8 Å². The lowest BCUT2D eigenvalue weighted by Crippen LogP contribution is -2.46. The lowest BCUT2D eigenvalue weighted by Gasteiger charge is -2.36. The van der Waals surface area contributed by atoms with Gasteiger partial charge in [-0.3, -0.25) is 14.5 Å². The molecule has 0 atom stereocenters. The summed E-state index contributed by atoms with van der Waals surface area (Å²) in [4.78, 5) is 30.3. The minimum absolute atomic E-state index is 0.0903. The first-order chi connectivity index (χ1) is 16.1. The molecular formula is C25H30N4O3S. The van der Waals surface area contributed by atoms with Crippen molar-refractivity contribution in [2.45, 2.75) is 19.8 Å². The van der Waals surface area contributed by atoms with Gasteiger partial charge in [-0.05, 0) is 62.2 Å². The number of carbonyl (C=O) groups is 2. The van der Waals surface area contributed by atoms with Gasteiger partial charge in [0.1, 0.15) is 0 Å². The van der Waals surface area contributed by atoms with E-state index in [9.17, 15) is 9.59 Å². The standard InChI is InChI=1S/C25H30N4O3S/c1-19-18-22(27-24(30)21-10-7-17-32-21)33-23(19)25(31)26-11-5-6-12-28-13-15-29(16-14-28)20-8-3-2-4-9-20/h2-4,7-10,17-18H,5-6,11-16H2,1H3,(H,26,31)(H,27,30). The van der Waals surface area contributed by atoms with E-state index in [1.165, 1.54) is 23.3 Å². The number of para-hydroxylation sites is 1. The SMILES string of the molecule is Cc1cc(NC(=O)c2ccco2)sc1C(=O)NCCCCN1CCN(c2ccccc2)CC1. The zero-order chi connectivity index (χ0) is 23.0. The summed E-state index contributed by atoms with van der Waals surface area (Å²) < 4.78 is 5.10. The highest BCUT2D eigenvalue weighted by Gasteiger charge is 2.18. The van der Waals surface area contributed by atoms with Crippen LogP contribution >= 0.6 is 11.3 Å². The van der Waals surface area contributed by atoms with E-state index in [1.807, 2.05) is 13.0 Å². The van der Waals surface area contributed by atoms with Gasteiger partial charge < -0.3 is 20.0 Å². The maximum atomic E-state index is 12.6. The Morgan fingerprint density at radius 2 is 1.79 bits per heavy atom. The molecule has 7 nitrogen and oxygen atoms in total. The van der Waals surface area contributed by atoms with Crippen molar-refractivity contribution in [3.05, 3.63) is 71.0 Å². The summed E-state index contributed by atoms with van der Waals surface area (Å²) in [7, 11) is 0. The molecule has 0 bridgehead atoms. The van der Waals surface area contributed by atoms with Gasteiger partial charge in [0.05, 0.1) is 16.1 Å². The van der Waals surface area contributed by atoms with Gasteiger partial charge in [0.15, 0.2) is 5.76 Å². The number of hydrogen-bond donors (Lipinski definition) is 2. The number of nitrogens with one attached hydrogen (secondary N) is 2. The van der Waals surface area contributed by atoms with Crippen molar-refractivity contribution >= 4 is 33.8 Å². The molecule has 3 heterocycles. The maximum absolute atomic E-state index is 12.6. The zero-order valence-electron chi connectivity index (χ0n) is 18.9. The minimum Gasteiger partial charge on any atom is -0.459 e. The van der Waals surface area contributed by atoms with Crippen LogP contribution < -0.4 is 15.5 Å². The Bertz CT molecular complexity index is 1040. The number of thiophene rings is 1. The van der Waals surface area contributed by atoms with Crippen LogP contribution in [0.15, 0.2) is 59.2 Å². The number of benzene rings is 1. The van der Waals surface area contributed by atoms with Crippen molar-refractivity contribution in [2.24, 2.45) is 0 Å². The Morgan fingerprint density at radius 1 is 1.00 bits per heavy atom. The number of amides is 2. The van der Waals surface area contributed by atoms with Crippen LogP contribution in [0.25, 0.3) is 0 Å². The summed E-state index contributed by atoms with van der Waals surface area (Å²) in [5.41, 5.74) is 2.15. The first-order valence-electron chi connectivity index (χ1n) is 11.4. The molecule has 1 saturated heterocycles. The van der Waals surface area contributed by atoms with Gasteiger partial charge >= 0.3 is 0 Å². The summed E-state index contributed by atoms with van der Waals surface area (Å²) in [5, 5.41) is 6.43. The number of nitrogens with zero attached hydrogens (tertiary/aromatic N) is 2. The topological polar surface area (TPSA) is 77.8 Å². The lowest BCUT2D eigenvalue weighted by molar-refractivity contribution is 0.0954. The van der Waals surface area contributed by atoms with E-state index in [1.54, 1.807) is 12.1 Å². The quantitative estimate of drug-likeness (QED) is 0.462. The van der Waals surface area contributed by atoms with Gasteiger partial charge in [-0.2, -0.15) is 0 Å². The molecule has 2 amide bonds. The molecule has 33 heavy (non-hydrogen) atoms. The summed E-state index contributed by atoms with van der Waals surface area (Å²) in [6, 6.07) is 15.7. The van der Waals surface area contributed by atoms with Crippen molar-refractivity contribution in [3.8, 4) is 0 Å². The van der Waals surface area contributed by atoms with Crippen molar-refractivity contribution in [1.29, 1.82) is 0 Å². The average Bonchev–Trinajstić information content (AvgIpc) is 3.50. The fourth-order valence-corrected chi connectivity index (χ4v) is 4.95. The van der Waals surface area contributed by atoms with Crippen molar-refractivity contribution in [1.82, 2.24) is 10.2 Å². The normalized spacial score (nSPS) is 14.3. The van der Waals surface area contributed by atoms with E-state index < -0.39 is 0 Å². The van der Waals surface area contributed by atoms with Crippen LogP contribution in [-0.4, -0.2) is 56.0 Å². The summed E-state index contributed by atoms with van der Waals surface area (Å²) >= 11 is 1.28. The van der Waals surface area contributed by atoms with Crippen LogP contribution in [0.2, 0.25) is 0 Å². The second-order valence-electron chi connectivity index (χ2n) is 8.18. The van der Waals surface area contributed by atoms with Crippen LogP contribution in [0.1, 0.15) is 38.6 Å². The van der Waals surface area contributed by atoms with Gasteiger partial charge in [0.2, 0.25) is 0 Å². The van der Waals surface area contributed by atoms with Crippen LogP contribution in [0, 0.1) is 6.92 Å². The van der Waals surface area contributed by atoms with E-state index in [-0.39, 0.29) is 17.6 Å². The molecule has 4 rings (SSSR count). The third-order valence-corrected chi connectivity index (χ3v) is 6.94. The third kappa shape index (κ3) is 6.24. The number of piperazine rings is 1. The summed E-state index contributed by atoms with van der Waals surface area (Å²) in [5.74, 6) is -0.168. The molecular weight excluding hydrogens is 436 g/mol. The maximum Gasteiger partial charge on any atom is 0.291 e. The van der Waals surface area contributed by atoms with Gasteiger partial charge in [0.25, 0.3) is 11.8 Å². The van der Waals surface area contributed by atoms with Crippen LogP contribution in [-0.2, 0) is 0 Å². The molecule has 2 N–H and O–H groups in total. The fraction of sp³-hybridized carbons (Fsp3) is 0.360. The number of unbranched alkanes of at least 4 members (excludes halogenated alkanes) is 1. The molecule has 174 valence electrons. The van der Waals surface area contributed by atoms with Gasteiger partial charge in [-0.15, -0.1) is 11.3 Å². The molecule has 8 heteroatoms. The Kier molecular flexibility index (Phi) is 7.80. The number of anilines is 2. The Labute approximate surface area is 198 Å². The molecule has 3 aromatic rings. The second-order valence-corrected chi connectivity index (χ2v) is 9.23. The fourth-order valence-electron chi connectivity index (χ4n) is 3.96. The minimum atomic E-state index is -0.321. The van der Waals surface area contributed by atoms with Crippen molar-refractivity contribution in [2.75, 3.05) is 49.5 Å². The number of furan rings is 1. The molecule has 1 aromatic carbocycles. The number of rotatable bonds is 9. The third-order valence-electron chi connectivity index (χ3n) is 5.79. The number of carbonyl (C=O) groups excluding carboxylic acids is 2. The van der Waals surface area contributed by atoms with Crippen LogP contribution in [0.4, 0.5) is 10.7 Å². The number of aryl methyl sites for hydroxylation is 1. The Balaban J connectivity index is 1.14. The Morgan fingerprint density at radius 3 is 2.52 bits per heavy atom. The number of hydrogen-bond acceptors (Lipinski definition) is 6. The molecule has 1 fully saturated rings. The summed E-state index contributed by atoms with van der Waals surface area (Å²) in [6.45, 7) is 7.83. The molecule has 0 saturated carbocycles. The molecule has 1 aliphatic heterocycles. The molecule has 0 unspecified atom stereocenters. The van der Waals surface area contributed by atoms with Crippen molar-refractivity contribution < 1.29 is 14.0 Å². The molecule has 2 aromatic heterocycles. The predicted octanol–water partition coefficient (Wildman–Crippen LogP) is 4.23. The molecule has 0 radical (unpaired) electrons. The molecule has 1 aliphatic rings. The highest BCUT2D eigenvalue weighted by atomic mass is 32.1. The van der Waals surface area contributed by atoms with Crippen LogP contribution in [0.3, 0.4) is 0 Å². The van der Waals surface area contributed by atoms with Gasteiger partial charge in [0, 0.05) is 38.4 Å². The molecule has 0 aliphatic carbocycles. The average molecular weight is 467 g/mol. The van der Waals surface area contributed by atoms with E-state index in [0.717, 1.165) is 51.1 Å². The Hall–Kier alpha value is -3.10. The van der Waals surface area contributed by atoms with Crippen molar-refractivity contribution in [3.63, 3.8) is 0 Å². The zero-order valence-corrected chi connectivity index (χ0v) is 19.7. The highest BCUT2D eigenvalue weighted by Crippen LogP contribution is 2.27. The second kappa shape index (κ2) is 11.2.